The van der Waals surface area contributed by atoms with Crippen LogP contribution in [0.4, 0.5) is 11.4 Å². The van der Waals surface area contributed by atoms with Crippen molar-refractivity contribution in [1.29, 1.82) is 5.26 Å². The van der Waals surface area contributed by atoms with Gasteiger partial charge in [0.05, 0.1) is 24.0 Å². The summed E-state index contributed by atoms with van der Waals surface area (Å²) in [7, 11) is 1.52. The molecule has 0 fully saturated rings. The Morgan fingerprint density at radius 3 is 2.75 bits per heavy atom. The van der Waals surface area contributed by atoms with Crippen LogP contribution in [0.25, 0.3) is 0 Å². The summed E-state index contributed by atoms with van der Waals surface area (Å²) in [6.07, 6.45) is 0.255. The molecular formula is C18H18ClN3O2. The van der Waals surface area contributed by atoms with E-state index in [1.807, 2.05) is 19.1 Å². The molecule has 0 aliphatic rings. The van der Waals surface area contributed by atoms with Crippen LogP contribution in [0, 0.1) is 18.3 Å². The lowest BCUT2D eigenvalue weighted by Crippen LogP contribution is -2.17. The highest BCUT2D eigenvalue weighted by atomic mass is 35.5. The number of aryl methyl sites for hydroxylation is 1. The maximum absolute atomic E-state index is 12.1. The number of nitrogens with zero attached hydrogens (tertiary/aromatic N) is 1. The minimum absolute atomic E-state index is 0.156. The maximum atomic E-state index is 12.1. The quantitative estimate of drug-likeness (QED) is 0.832. The summed E-state index contributed by atoms with van der Waals surface area (Å²) in [6.45, 7) is 2.28. The van der Waals surface area contributed by atoms with Gasteiger partial charge in [0, 0.05) is 24.1 Å². The largest absolute Gasteiger partial charge is 0.495 e. The Bertz CT molecular complexity index is 784. The summed E-state index contributed by atoms with van der Waals surface area (Å²) in [5, 5.41) is 15.5. The molecule has 5 nitrogen and oxygen atoms in total. The number of nitrogens with one attached hydrogen (secondary N) is 2. The zero-order chi connectivity index (χ0) is 17.5. The van der Waals surface area contributed by atoms with Crippen molar-refractivity contribution in [3.8, 4) is 11.8 Å². The molecule has 0 unspecified atom stereocenters. The van der Waals surface area contributed by atoms with E-state index in [2.05, 4.69) is 16.7 Å². The summed E-state index contributed by atoms with van der Waals surface area (Å²) in [6, 6.07) is 12.7. The fourth-order valence-electron chi connectivity index (χ4n) is 2.19. The van der Waals surface area contributed by atoms with Crippen LogP contribution >= 0.6 is 11.6 Å². The third-order valence-corrected chi connectivity index (χ3v) is 3.88. The molecule has 2 aromatic carbocycles. The predicted molar refractivity (Wildman–Crippen MR) is 95.6 cm³/mol. The van der Waals surface area contributed by atoms with Gasteiger partial charge in [0.2, 0.25) is 5.91 Å². The molecule has 24 heavy (non-hydrogen) atoms. The van der Waals surface area contributed by atoms with Gasteiger partial charge in [0.15, 0.2) is 0 Å². The standard InChI is InChI=1S/C18H18ClN3O2/c1-12-9-16(17(24-2)10-14(12)19)22-18(23)7-8-21-15-6-4-3-5-13(15)11-20/h3-6,9-10,21H,7-8H2,1-2H3,(H,22,23). The van der Waals surface area contributed by atoms with Gasteiger partial charge in [-0.25, -0.2) is 0 Å². The van der Waals surface area contributed by atoms with Gasteiger partial charge < -0.3 is 15.4 Å². The Morgan fingerprint density at radius 2 is 2.04 bits per heavy atom. The van der Waals surface area contributed by atoms with E-state index in [0.29, 0.717) is 34.3 Å². The molecule has 0 aromatic heterocycles. The van der Waals surface area contributed by atoms with E-state index in [1.165, 1.54) is 7.11 Å². The first-order valence-corrected chi connectivity index (χ1v) is 7.80. The molecule has 124 valence electrons. The highest BCUT2D eigenvalue weighted by molar-refractivity contribution is 6.31. The molecule has 0 saturated heterocycles. The molecule has 0 atom stereocenters. The smallest absolute Gasteiger partial charge is 0.226 e. The number of hydrogen-bond donors (Lipinski definition) is 2. The van der Waals surface area contributed by atoms with Crippen LogP contribution in [0.2, 0.25) is 5.02 Å². The van der Waals surface area contributed by atoms with E-state index < -0.39 is 0 Å². The van der Waals surface area contributed by atoms with Crippen molar-refractivity contribution < 1.29 is 9.53 Å². The molecule has 1 amide bonds. The third kappa shape index (κ3) is 4.40. The summed E-state index contributed by atoms with van der Waals surface area (Å²) in [5.41, 5.74) is 2.70. The number of hydrogen-bond acceptors (Lipinski definition) is 4. The first-order valence-electron chi connectivity index (χ1n) is 7.42. The molecular weight excluding hydrogens is 326 g/mol. The Labute approximate surface area is 146 Å². The van der Waals surface area contributed by atoms with E-state index in [1.54, 1.807) is 24.3 Å². The topological polar surface area (TPSA) is 74.2 Å². The third-order valence-electron chi connectivity index (χ3n) is 3.47. The number of amides is 1. The molecule has 0 aliphatic carbocycles. The molecule has 0 radical (unpaired) electrons. The number of rotatable bonds is 6. The van der Waals surface area contributed by atoms with Crippen LogP contribution in [0.5, 0.6) is 5.75 Å². The highest BCUT2D eigenvalue weighted by Crippen LogP contribution is 2.31. The van der Waals surface area contributed by atoms with Gasteiger partial charge in [-0.2, -0.15) is 5.26 Å². The molecule has 2 rings (SSSR count). The molecule has 0 spiro atoms. The van der Waals surface area contributed by atoms with Crippen LogP contribution in [-0.2, 0) is 4.79 Å². The van der Waals surface area contributed by atoms with E-state index in [0.717, 1.165) is 5.56 Å². The van der Waals surface area contributed by atoms with Gasteiger partial charge in [-0.15, -0.1) is 0 Å². The SMILES string of the molecule is COc1cc(Cl)c(C)cc1NC(=O)CCNc1ccccc1C#N. The minimum Gasteiger partial charge on any atom is -0.495 e. The Balaban J connectivity index is 1.95. The number of anilines is 2. The van der Waals surface area contributed by atoms with Crippen LogP contribution < -0.4 is 15.4 Å². The van der Waals surface area contributed by atoms with Crippen LogP contribution in [0.1, 0.15) is 17.5 Å². The van der Waals surface area contributed by atoms with Gasteiger partial charge in [-0.05, 0) is 30.7 Å². The number of para-hydroxylation sites is 1. The second kappa shape index (κ2) is 8.23. The van der Waals surface area contributed by atoms with Gasteiger partial charge in [0.1, 0.15) is 11.8 Å². The van der Waals surface area contributed by atoms with Crippen molar-refractivity contribution in [1.82, 2.24) is 0 Å². The molecule has 0 heterocycles. The highest BCUT2D eigenvalue weighted by Gasteiger charge is 2.10. The lowest BCUT2D eigenvalue weighted by atomic mass is 10.2. The number of carbonyl (C=O) groups is 1. The molecule has 0 aliphatic heterocycles. The van der Waals surface area contributed by atoms with E-state index >= 15 is 0 Å². The van der Waals surface area contributed by atoms with Crippen molar-refractivity contribution in [3.63, 3.8) is 0 Å². The summed E-state index contributed by atoms with van der Waals surface area (Å²) < 4.78 is 5.24. The number of nitriles is 1. The number of halogens is 1. The lowest BCUT2D eigenvalue weighted by Gasteiger charge is -2.13. The molecule has 6 heteroatoms. The van der Waals surface area contributed by atoms with Crippen molar-refractivity contribution in [2.45, 2.75) is 13.3 Å². The molecule has 2 N–H and O–H groups in total. The molecule has 0 bridgehead atoms. The zero-order valence-electron chi connectivity index (χ0n) is 13.5. The first-order chi connectivity index (χ1) is 11.5. The summed E-state index contributed by atoms with van der Waals surface area (Å²) >= 11 is 6.05. The van der Waals surface area contributed by atoms with Gasteiger partial charge >= 0.3 is 0 Å². The predicted octanol–water partition coefficient (Wildman–Crippen LogP) is 3.97. The Hall–Kier alpha value is -2.71. The average molecular weight is 344 g/mol. The lowest BCUT2D eigenvalue weighted by molar-refractivity contribution is -0.116. The molecule has 2 aromatic rings. The first kappa shape index (κ1) is 17.6. The van der Waals surface area contributed by atoms with Crippen LogP contribution in [0.3, 0.4) is 0 Å². The summed E-state index contributed by atoms with van der Waals surface area (Å²) in [4.78, 5) is 12.1. The average Bonchev–Trinajstić information content (AvgIpc) is 2.58. The van der Waals surface area contributed by atoms with Crippen molar-refractivity contribution in [2.24, 2.45) is 0 Å². The normalized spacial score (nSPS) is 9.92. The Morgan fingerprint density at radius 1 is 1.29 bits per heavy atom. The van der Waals surface area contributed by atoms with E-state index in [9.17, 15) is 4.79 Å². The zero-order valence-corrected chi connectivity index (χ0v) is 14.3. The number of benzene rings is 2. The van der Waals surface area contributed by atoms with Gasteiger partial charge in [-0.1, -0.05) is 23.7 Å². The van der Waals surface area contributed by atoms with Crippen molar-refractivity contribution in [2.75, 3.05) is 24.3 Å². The van der Waals surface area contributed by atoms with Crippen LogP contribution in [-0.4, -0.2) is 19.6 Å². The van der Waals surface area contributed by atoms with Crippen molar-refractivity contribution >= 4 is 28.9 Å². The fraction of sp³-hybridized carbons (Fsp3) is 0.222. The number of ether oxygens (including phenoxy) is 1. The maximum Gasteiger partial charge on any atom is 0.226 e. The number of methoxy groups -OCH3 is 1. The van der Waals surface area contributed by atoms with E-state index in [4.69, 9.17) is 21.6 Å². The van der Waals surface area contributed by atoms with Gasteiger partial charge in [0.25, 0.3) is 0 Å². The second-order valence-electron chi connectivity index (χ2n) is 5.18. The van der Waals surface area contributed by atoms with Crippen LogP contribution in [0.15, 0.2) is 36.4 Å². The van der Waals surface area contributed by atoms with E-state index in [-0.39, 0.29) is 12.3 Å². The monoisotopic (exact) mass is 343 g/mol. The molecule has 0 saturated carbocycles. The van der Waals surface area contributed by atoms with Gasteiger partial charge in [-0.3, -0.25) is 4.79 Å². The number of carbonyl (C=O) groups excluding carboxylic acids is 1. The fourth-order valence-corrected chi connectivity index (χ4v) is 2.34. The van der Waals surface area contributed by atoms with Crippen molar-refractivity contribution in [3.05, 3.63) is 52.5 Å². The summed E-state index contributed by atoms with van der Waals surface area (Å²) in [5.74, 6) is 0.360. The Kier molecular flexibility index (Phi) is 6.05. The minimum atomic E-state index is -0.156. The second-order valence-corrected chi connectivity index (χ2v) is 5.59.